The highest BCUT2D eigenvalue weighted by Crippen LogP contribution is 2.25. The van der Waals surface area contributed by atoms with Gasteiger partial charge in [-0.25, -0.2) is 0 Å². The first-order valence-electron chi connectivity index (χ1n) is 3.54. The Morgan fingerprint density at radius 3 is 2.91 bits per heavy atom. The number of hydrogen-bond donors (Lipinski definition) is 0. The third-order valence-corrected chi connectivity index (χ3v) is 2.51. The van der Waals surface area contributed by atoms with Crippen LogP contribution < -0.4 is 0 Å². The van der Waals surface area contributed by atoms with Crippen LogP contribution in [0.2, 0.25) is 0 Å². The van der Waals surface area contributed by atoms with Crippen LogP contribution in [-0.2, 0) is 14.3 Å². The number of hydrogen-bond acceptors (Lipinski definition) is 4. The molecule has 0 spiro atoms. The lowest BCUT2D eigenvalue weighted by atomic mass is 10.3. The molecular weight excluding hydrogens is 164 g/mol. The van der Waals surface area contributed by atoms with Crippen LogP contribution in [0.25, 0.3) is 0 Å². The molecule has 1 aliphatic rings. The average molecular weight is 176 g/mol. The van der Waals surface area contributed by atoms with Gasteiger partial charge in [0.15, 0.2) is 11.4 Å². The monoisotopic (exact) mass is 176 g/mol. The maximum absolute atomic E-state index is 10.7. The molecule has 0 N–H and O–H groups in total. The molecule has 1 heterocycles. The molecule has 1 aliphatic heterocycles. The van der Waals surface area contributed by atoms with E-state index in [1.54, 1.807) is 14.0 Å². The van der Waals surface area contributed by atoms with E-state index in [1.165, 1.54) is 11.8 Å². The van der Waals surface area contributed by atoms with E-state index in [-0.39, 0.29) is 16.7 Å². The molecule has 1 saturated heterocycles. The lowest BCUT2D eigenvalue weighted by Gasteiger charge is -2.04. The van der Waals surface area contributed by atoms with E-state index in [0.717, 1.165) is 6.42 Å². The van der Waals surface area contributed by atoms with Crippen LogP contribution in [0.15, 0.2) is 0 Å². The van der Waals surface area contributed by atoms with Gasteiger partial charge in [0.25, 0.3) is 0 Å². The largest absolute Gasteiger partial charge is 0.356 e. The second-order valence-corrected chi connectivity index (χ2v) is 3.94. The maximum Gasteiger partial charge on any atom is 0.186 e. The van der Waals surface area contributed by atoms with Crippen molar-refractivity contribution in [3.05, 3.63) is 0 Å². The van der Waals surface area contributed by atoms with Crippen LogP contribution in [0.3, 0.4) is 0 Å². The van der Waals surface area contributed by atoms with Crippen molar-refractivity contribution in [1.82, 2.24) is 0 Å². The van der Waals surface area contributed by atoms with Gasteiger partial charge in [-0.2, -0.15) is 0 Å². The fraction of sp³-hybridized carbons (Fsp3) is 0.857. The summed E-state index contributed by atoms with van der Waals surface area (Å²) in [5.74, 6) is 0. The first kappa shape index (κ1) is 9.03. The average Bonchev–Trinajstić information content (AvgIpc) is 2.34. The van der Waals surface area contributed by atoms with E-state index >= 15 is 0 Å². The Morgan fingerprint density at radius 2 is 2.45 bits per heavy atom. The summed E-state index contributed by atoms with van der Waals surface area (Å²) in [4.78, 5) is 10.7. The number of rotatable bonds is 2. The summed E-state index contributed by atoms with van der Waals surface area (Å²) < 4.78 is 10.2. The summed E-state index contributed by atoms with van der Waals surface area (Å²) in [5, 5.41) is 0.438. The highest BCUT2D eigenvalue weighted by atomic mass is 32.2. The van der Waals surface area contributed by atoms with Crippen LogP contribution in [0.5, 0.6) is 0 Å². The lowest BCUT2D eigenvalue weighted by Crippen LogP contribution is -2.07. The summed E-state index contributed by atoms with van der Waals surface area (Å²) in [7, 11) is 1.62. The third-order valence-electron chi connectivity index (χ3n) is 1.52. The van der Waals surface area contributed by atoms with Crippen molar-refractivity contribution in [2.75, 3.05) is 13.7 Å². The Morgan fingerprint density at radius 1 is 1.73 bits per heavy atom. The summed E-state index contributed by atoms with van der Waals surface area (Å²) >= 11 is 1.34. The normalized spacial score (nSPS) is 30.7. The summed E-state index contributed by atoms with van der Waals surface area (Å²) in [5.41, 5.74) is 0. The van der Waals surface area contributed by atoms with E-state index in [9.17, 15) is 4.79 Å². The molecular formula is C7H12O3S. The van der Waals surface area contributed by atoms with Crippen LogP contribution in [-0.4, -0.2) is 30.4 Å². The van der Waals surface area contributed by atoms with E-state index in [2.05, 4.69) is 0 Å². The molecule has 0 aromatic carbocycles. The molecule has 3 nitrogen and oxygen atoms in total. The zero-order valence-corrected chi connectivity index (χ0v) is 7.52. The zero-order chi connectivity index (χ0) is 8.27. The van der Waals surface area contributed by atoms with Crippen LogP contribution in [0.4, 0.5) is 0 Å². The zero-order valence-electron chi connectivity index (χ0n) is 6.70. The molecule has 0 radical (unpaired) electrons. The van der Waals surface area contributed by atoms with E-state index in [0.29, 0.717) is 6.61 Å². The molecule has 1 rings (SSSR count). The summed E-state index contributed by atoms with van der Waals surface area (Å²) in [6.45, 7) is 2.20. The topological polar surface area (TPSA) is 35.5 Å². The maximum atomic E-state index is 10.7. The minimum atomic E-state index is -0.105. The molecule has 0 aromatic rings. The van der Waals surface area contributed by atoms with E-state index in [1.807, 2.05) is 0 Å². The predicted molar refractivity (Wildman–Crippen MR) is 43.4 cm³/mol. The number of methoxy groups -OCH3 is 1. The molecule has 0 bridgehead atoms. The van der Waals surface area contributed by atoms with Gasteiger partial charge >= 0.3 is 0 Å². The minimum absolute atomic E-state index is 0.105. The third kappa shape index (κ3) is 2.81. The Balaban J connectivity index is 2.24. The summed E-state index contributed by atoms with van der Waals surface area (Å²) in [6.07, 6.45) is 0.715. The lowest BCUT2D eigenvalue weighted by molar-refractivity contribution is -0.109. The number of ether oxygens (including phenoxy) is 2. The number of carbonyl (C=O) groups excluding carboxylic acids is 1. The smallest absolute Gasteiger partial charge is 0.186 e. The Hall–Kier alpha value is -0.0600. The van der Waals surface area contributed by atoms with Gasteiger partial charge in [0.2, 0.25) is 0 Å². The molecule has 11 heavy (non-hydrogen) atoms. The van der Waals surface area contributed by atoms with Gasteiger partial charge in [-0.3, -0.25) is 4.79 Å². The fourth-order valence-electron chi connectivity index (χ4n) is 1.05. The Kier molecular flexibility index (Phi) is 3.36. The van der Waals surface area contributed by atoms with Crippen LogP contribution >= 0.6 is 11.8 Å². The molecule has 0 aromatic heterocycles. The van der Waals surface area contributed by atoms with Gasteiger partial charge in [0.1, 0.15) is 0 Å². The second kappa shape index (κ2) is 4.09. The van der Waals surface area contributed by atoms with E-state index < -0.39 is 0 Å². The van der Waals surface area contributed by atoms with Gasteiger partial charge in [-0.15, -0.1) is 0 Å². The molecule has 64 valence electrons. The van der Waals surface area contributed by atoms with Gasteiger partial charge in [-0.1, -0.05) is 11.8 Å². The number of carbonyl (C=O) groups is 1. The first-order valence-corrected chi connectivity index (χ1v) is 4.42. The Labute approximate surface area is 70.4 Å². The molecule has 2 atom stereocenters. The molecule has 0 amide bonds. The van der Waals surface area contributed by atoms with E-state index in [4.69, 9.17) is 9.47 Å². The Bertz CT molecular complexity index is 149. The van der Waals surface area contributed by atoms with Gasteiger partial charge in [0, 0.05) is 25.7 Å². The van der Waals surface area contributed by atoms with Crippen molar-refractivity contribution in [3.63, 3.8) is 0 Å². The summed E-state index contributed by atoms with van der Waals surface area (Å²) in [6, 6.07) is 0. The highest BCUT2D eigenvalue weighted by molar-refractivity contribution is 8.14. The predicted octanol–water partition coefficient (Wildman–Crippen LogP) is 1.03. The van der Waals surface area contributed by atoms with Crippen molar-refractivity contribution >= 4 is 16.9 Å². The minimum Gasteiger partial charge on any atom is -0.356 e. The van der Waals surface area contributed by atoms with Crippen molar-refractivity contribution < 1.29 is 14.3 Å². The standard InChI is InChI=1S/C7H12O3S/c1-5(8)11-6-3-7(9-2)10-4-6/h6-7H,3-4H2,1-2H3/t6-,7+/m1/s1. The fourth-order valence-corrected chi connectivity index (χ4v) is 1.92. The molecule has 0 unspecified atom stereocenters. The highest BCUT2D eigenvalue weighted by Gasteiger charge is 2.26. The quantitative estimate of drug-likeness (QED) is 0.629. The van der Waals surface area contributed by atoms with Crippen LogP contribution in [0, 0.1) is 0 Å². The first-order chi connectivity index (χ1) is 5.22. The van der Waals surface area contributed by atoms with Gasteiger partial charge in [-0.05, 0) is 0 Å². The van der Waals surface area contributed by atoms with Gasteiger partial charge < -0.3 is 9.47 Å². The van der Waals surface area contributed by atoms with Crippen molar-refractivity contribution in [2.45, 2.75) is 24.9 Å². The molecule has 4 heteroatoms. The van der Waals surface area contributed by atoms with Crippen LogP contribution in [0.1, 0.15) is 13.3 Å². The molecule has 0 saturated carbocycles. The molecule has 1 fully saturated rings. The van der Waals surface area contributed by atoms with Gasteiger partial charge in [0.05, 0.1) is 6.61 Å². The van der Waals surface area contributed by atoms with Crippen molar-refractivity contribution in [3.8, 4) is 0 Å². The van der Waals surface area contributed by atoms with Crippen molar-refractivity contribution in [2.24, 2.45) is 0 Å². The van der Waals surface area contributed by atoms with Crippen molar-refractivity contribution in [1.29, 1.82) is 0 Å². The second-order valence-electron chi connectivity index (χ2n) is 2.47. The number of thioether (sulfide) groups is 1. The SMILES string of the molecule is CO[C@@H]1C[C@@H](SC(C)=O)CO1. The molecule has 0 aliphatic carbocycles.